The maximum atomic E-state index is 12.9. The van der Waals surface area contributed by atoms with Crippen LogP contribution in [0.15, 0.2) is 58.5 Å². The molecule has 3 rings (SSSR count). The van der Waals surface area contributed by atoms with Gasteiger partial charge in [0.25, 0.3) is 5.56 Å². The number of carbonyl (C=O) groups excluding carboxylic acids is 1. The van der Waals surface area contributed by atoms with E-state index in [9.17, 15) is 14.0 Å². The molecule has 138 valence electrons. The molecule has 5 nitrogen and oxygen atoms in total. The van der Waals surface area contributed by atoms with Crippen molar-refractivity contribution in [1.82, 2.24) is 9.97 Å². The van der Waals surface area contributed by atoms with E-state index in [1.54, 1.807) is 6.07 Å². The number of nitrogens with zero attached hydrogens (tertiary/aromatic N) is 1. The number of H-pyrrole nitrogens is 1. The molecule has 27 heavy (non-hydrogen) atoms. The highest BCUT2D eigenvalue weighted by Gasteiger charge is 2.09. The molecule has 2 aromatic carbocycles. The average molecular weight is 404 g/mol. The zero-order valence-corrected chi connectivity index (χ0v) is 15.8. The van der Waals surface area contributed by atoms with Gasteiger partial charge in [-0.25, -0.2) is 9.37 Å². The first-order valence-corrected chi connectivity index (χ1v) is 9.33. The smallest absolute Gasteiger partial charge is 0.253 e. The van der Waals surface area contributed by atoms with Gasteiger partial charge in [0.05, 0.1) is 5.75 Å². The van der Waals surface area contributed by atoms with Crippen LogP contribution in [0.3, 0.4) is 0 Å². The van der Waals surface area contributed by atoms with Crippen LogP contribution in [-0.2, 0) is 0 Å². The zero-order valence-electron chi connectivity index (χ0n) is 14.3. The van der Waals surface area contributed by atoms with Gasteiger partial charge in [-0.15, -0.1) is 0 Å². The topological polar surface area (TPSA) is 74.8 Å². The highest BCUT2D eigenvalue weighted by atomic mass is 35.5. The minimum absolute atomic E-state index is 0.0639. The van der Waals surface area contributed by atoms with Crippen molar-refractivity contribution in [3.8, 4) is 0 Å². The van der Waals surface area contributed by atoms with Crippen LogP contribution in [-0.4, -0.2) is 21.5 Å². The van der Waals surface area contributed by atoms with E-state index < -0.39 is 5.82 Å². The third-order valence-electron chi connectivity index (χ3n) is 3.67. The minimum Gasteiger partial charge on any atom is -0.340 e. The number of rotatable bonds is 6. The van der Waals surface area contributed by atoms with Crippen molar-refractivity contribution in [1.29, 1.82) is 0 Å². The van der Waals surface area contributed by atoms with E-state index in [2.05, 4.69) is 15.3 Å². The van der Waals surface area contributed by atoms with Gasteiger partial charge in [0.2, 0.25) is 0 Å². The highest BCUT2D eigenvalue weighted by molar-refractivity contribution is 7.99. The van der Waals surface area contributed by atoms with Crippen LogP contribution in [0.2, 0.25) is 5.02 Å². The number of benzene rings is 2. The van der Waals surface area contributed by atoms with E-state index in [0.717, 1.165) is 17.3 Å². The third-order valence-corrected chi connectivity index (χ3v) is 4.95. The number of aromatic nitrogens is 2. The molecular formula is C19H15ClFN3O2S. The Hall–Kier alpha value is -2.64. The lowest BCUT2D eigenvalue weighted by atomic mass is 10.1. The van der Waals surface area contributed by atoms with E-state index >= 15 is 0 Å². The maximum absolute atomic E-state index is 12.9. The van der Waals surface area contributed by atoms with Crippen molar-refractivity contribution in [2.75, 3.05) is 11.1 Å². The SMILES string of the molecule is Cc1ccc(Nc2cc(=O)[nH]c(SCC(=O)c3ccc(F)cc3)n2)cc1Cl. The third kappa shape index (κ3) is 5.18. The van der Waals surface area contributed by atoms with Gasteiger partial charge in [-0.1, -0.05) is 29.4 Å². The Morgan fingerprint density at radius 2 is 1.96 bits per heavy atom. The Labute approximate surface area is 164 Å². The number of hydrogen-bond acceptors (Lipinski definition) is 5. The number of aryl methyl sites for hydroxylation is 1. The Morgan fingerprint density at radius 3 is 2.67 bits per heavy atom. The molecule has 1 heterocycles. The number of nitrogens with one attached hydrogen (secondary N) is 2. The summed E-state index contributed by atoms with van der Waals surface area (Å²) in [6, 6.07) is 12.1. The zero-order chi connectivity index (χ0) is 19.4. The number of Topliss-reactive ketones (excluding diaryl/α,β-unsaturated/α-hetero) is 1. The van der Waals surface area contributed by atoms with E-state index in [-0.39, 0.29) is 17.1 Å². The summed E-state index contributed by atoms with van der Waals surface area (Å²) < 4.78 is 12.9. The van der Waals surface area contributed by atoms with E-state index in [0.29, 0.717) is 27.2 Å². The second-order valence-corrected chi connectivity index (χ2v) is 7.11. The molecule has 0 amide bonds. The number of ketones is 1. The van der Waals surface area contributed by atoms with Gasteiger partial charge >= 0.3 is 0 Å². The second-order valence-electron chi connectivity index (χ2n) is 5.74. The molecule has 0 unspecified atom stereocenters. The molecule has 0 saturated carbocycles. The normalized spacial score (nSPS) is 10.6. The molecular weight excluding hydrogens is 389 g/mol. The summed E-state index contributed by atoms with van der Waals surface area (Å²) in [4.78, 5) is 30.9. The Balaban J connectivity index is 1.71. The predicted molar refractivity (Wildman–Crippen MR) is 106 cm³/mol. The summed E-state index contributed by atoms with van der Waals surface area (Å²) in [6.07, 6.45) is 0. The fourth-order valence-electron chi connectivity index (χ4n) is 2.24. The monoisotopic (exact) mass is 403 g/mol. The number of hydrogen-bond donors (Lipinski definition) is 2. The summed E-state index contributed by atoms with van der Waals surface area (Å²) >= 11 is 7.20. The number of anilines is 2. The van der Waals surface area contributed by atoms with Crippen LogP contribution >= 0.6 is 23.4 Å². The standard InChI is InChI=1S/C19H15ClFN3O2S/c1-11-2-7-14(8-15(11)20)22-17-9-18(26)24-19(23-17)27-10-16(25)12-3-5-13(21)6-4-12/h2-9H,10H2,1H3,(H2,22,23,24,26). The molecule has 2 N–H and O–H groups in total. The van der Waals surface area contributed by atoms with Gasteiger partial charge in [0.1, 0.15) is 11.6 Å². The van der Waals surface area contributed by atoms with E-state index in [4.69, 9.17) is 11.6 Å². The van der Waals surface area contributed by atoms with Crippen LogP contribution in [0.4, 0.5) is 15.9 Å². The lowest BCUT2D eigenvalue weighted by molar-refractivity contribution is 0.102. The Kier molecular flexibility index (Phi) is 5.93. The van der Waals surface area contributed by atoms with Crippen molar-refractivity contribution >= 4 is 40.7 Å². The van der Waals surface area contributed by atoms with Crippen molar-refractivity contribution in [3.05, 3.63) is 80.9 Å². The minimum atomic E-state index is -0.403. The number of aromatic amines is 1. The van der Waals surface area contributed by atoms with Crippen molar-refractivity contribution in [2.24, 2.45) is 0 Å². The van der Waals surface area contributed by atoms with Gasteiger partial charge in [0, 0.05) is 22.3 Å². The molecule has 0 spiro atoms. The van der Waals surface area contributed by atoms with Crippen molar-refractivity contribution in [2.45, 2.75) is 12.1 Å². The Bertz CT molecular complexity index is 1040. The fourth-order valence-corrected chi connectivity index (χ4v) is 3.19. The number of halogens is 2. The summed E-state index contributed by atoms with van der Waals surface area (Å²) in [6.45, 7) is 1.89. The molecule has 0 aliphatic rings. The van der Waals surface area contributed by atoms with Gasteiger partial charge in [-0.2, -0.15) is 0 Å². The lowest BCUT2D eigenvalue weighted by Gasteiger charge is -2.08. The first kappa shape index (κ1) is 19.1. The highest BCUT2D eigenvalue weighted by Crippen LogP contribution is 2.23. The molecule has 8 heteroatoms. The van der Waals surface area contributed by atoms with Crippen molar-refractivity contribution < 1.29 is 9.18 Å². The largest absolute Gasteiger partial charge is 0.340 e. The summed E-state index contributed by atoms with van der Waals surface area (Å²) in [5, 5.41) is 3.93. The average Bonchev–Trinajstić information content (AvgIpc) is 2.63. The molecule has 0 bridgehead atoms. The van der Waals surface area contributed by atoms with Gasteiger partial charge in [-0.05, 0) is 48.9 Å². The van der Waals surface area contributed by atoms with E-state index in [1.807, 2.05) is 19.1 Å². The second kappa shape index (κ2) is 8.37. The lowest BCUT2D eigenvalue weighted by Crippen LogP contribution is -2.11. The molecule has 0 saturated heterocycles. The van der Waals surface area contributed by atoms with Crippen molar-refractivity contribution in [3.63, 3.8) is 0 Å². The maximum Gasteiger partial charge on any atom is 0.253 e. The first-order valence-electron chi connectivity index (χ1n) is 7.97. The van der Waals surface area contributed by atoms with Gasteiger partial charge in [0.15, 0.2) is 10.9 Å². The van der Waals surface area contributed by atoms with Gasteiger partial charge < -0.3 is 10.3 Å². The van der Waals surface area contributed by atoms with Gasteiger partial charge in [-0.3, -0.25) is 9.59 Å². The molecule has 0 aliphatic heterocycles. The van der Waals surface area contributed by atoms with Crippen LogP contribution in [0, 0.1) is 12.7 Å². The predicted octanol–water partition coefficient (Wildman–Crippen LogP) is 4.59. The first-order chi connectivity index (χ1) is 12.9. The number of thioether (sulfide) groups is 1. The summed E-state index contributed by atoms with van der Waals surface area (Å²) in [7, 11) is 0. The molecule has 0 aliphatic carbocycles. The van der Waals surface area contributed by atoms with Crippen LogP contribution in [0.1, 0.15) is 15.9 Å². The summed E-state index contributed by atoms with van der Waals surface area (Å²) in [5.41, 5.74) is 1.69. The van der Waals surface area contributed by atoms with Crippen LogP contribution in [0.5, 0.6) is 0 Å². The number of carbonyl (C=O) groups is 1. The molecule has 3 aromatic rings. The molecule has 0 atom stereocenters. The molecule has 0 fully saturated rings. The molecule has 1 aromatic heterocycles. The van der Waals surface area contributed by atoms with E-state index in [1.165, 1.54) is 30.3 Å². The molecule has 0 radical (unpaired) electrons. The van der Waals surface area contributed by atoms with Crippen LogP contribution in [0.25, 0.3) is 0 Å². The Morgan fingerprint density at radius 1 is 1.22 bits per heavy atom. The quantitative estimate of drug-likeness (QED) is 0.357. The summed E-state index contributed by atoms with van der Waals surface area (Å²) in [5.74, 6) is -0.184. The van der Waals surface area contributed by atoms with Crippen LogP contribution < -0.4 is 10.9 Å². The fraction of sp³-hybridized carbons (Fsp3) is 0.105.